The first kappa shape index (κ1) is 17.4. The van der Waals surface area contributed by atoms with Crippen molar-refractivity contribution in [2.45, 2.75) is 31.9 Å². The molecule has 2 unspecified atom stereocenters. The van der Waals surface area contributed by atoms with Gasteiger partial charge in [0.1, 0.15) is 0 Å². The predicted molar refractivity (Wildman–Crippen MR) is 95.9 cm³/mol. The number of nitrogens with one attached hydrogen (secondary N) is 2. The van der Waals surface area contributed by atoms with E-state index in [-0.39, 0.29) is 6.04 Å². The van der Waals surface area contributed by atoms with Gasteiger partial charge in [0.15, 0.2) is 5.96 Å². The highest BCUT2D eigenvalue weighted by Gasteiger charge is 2.31. The lowest BCUT2D eigenvalue weighted by atomic mass is 10.0. The first-order valence-corrected chi connectivity index (χ1v) is 9.16. The molecule has 0 spiro atoms. The highest BCUT2D eigenvalue weighted by Crippen LogP contribution is 2.27. The van der Waals surface area contributed by atoms with Gasteiger partial charge in [0.25, 0.3) is 0 Å². The van der Waals surface area contributed by atoms with Crippen molar-refractivity contribution in [2.75, 3.05) is 24.6 Å². The number of halogens is 1. The molecular weight excluding hydrogens is 318 g/mol. The molecule has 1 saturated heterocycles. The lowest BCUT2D eigenvalue weighted by Crippen LogP contribution is -2.41. The molecule has 0 radical (unpaired) electrons. The van der Waals surface area contributed by atoms with E-state index in [1.165, 1.54) is 0 Å². The van der Waals surface area contributed by atoms with E-state index in [4.69, 9.17) is 11.6 Å². The van der Waals surface area contributed by atoms with E-state index in [1.54, 1.807) is 11.8 Å². The highest BCUT2D eigenvalue weighted by molar-refractivity contribution is 7.99. The summed E-state index contributed by atoms with van der Waals surface area (Å²) >= 11 is 7.83. The summed E-state index contributed by atoms with van der Waals surface area (Å²) in [7, 11) is 0. The fraction of sp³-hybridized carbons (Fsp3) is 0.562. The molecule has 0 aliphatic carbocycles. The van der Waals surface area contributed by atoms with Gasteiger partial charge in [-0.15, -0.1) is 0 Å². The van der Waals surface area contributed by atoms with Crippen LogP contribution in [-0.4, -0.2) is 41.3 Å². The molecule has 6 heteroatoms. The molecule has 1 aromatic rings. The first-order chi connectivity index (χ1) is 10.5. The van der Waals surface area contributed by atoms with Crippen LogP contribution >= 0.6 is 23.4 Å². The van der Waals surface area contributed by atoms with Gasteiger partial charge in [-0.2, -0.15) is 11.8 Å². The predicted octanol–water partition coefficient (Wildman–Crippen LogP) is 2.82. The van der Waals surface area contributed by atoms with E-state index in [9.17, 15) is 5.11 Å². The van der Waals surface area contributed by atoms with Crippen LogP contribution in [0.2, 0.25) is 5.02 Å². The summed E-state index contributed by atoms with van der Waals surface area (Å²) in [6.45, 7) is 5.30. The van der Waals surface area contributed by atoms with Gasteiger partial charge in [-0.25, -0.2) is 0 Å². The molecule has 0 saturated carbocycles. The number of guanidine groups is 1. The van der Waals surface area contributed by atoms with Crippen molar-refractivity contribution in [3.63, 3.8) is 0 Å². The Morgan fingerprint density at radius 3 is 3.00 bits per heavy atom. The zero-order chi connectivity index (χ0) is 16.0. The fourth-order valence-corrected chi connectivity index (χ4v) is 3.81. The summed E-state index contributed by atoms with van der Waals surface area (Å²) in [4.78, 5) is 4.55. The van der Waals surface area contributed by atoms with Gasteiger partial charge in [-0.05, 0) is 43.7 Å². The normalized spacial score (nSPS) is 23.4. The summed E-state index contributed by atoms with van der Waals surface area (Å²) in [5.41, 5.74) is 0.444. The van der Waals surface area contributed by atoms with Gasteiger partial charge in [0, 0.05) is 17.3 Å². The SMILES string of the molecule is CCNC(=NCC1(O)CCSC1)NC(C)c1cccc(Cl)c1. The molecule has 4 nitrogen and oxygen atoms in total. The van der Waals surface area contributed by atoms with E-state index in [0.717, 1.165) is 41.0 Å². The zero-order valence-corrected chi connectivity index (χ0v) is 14.7. The molecule has 1 aliphatic heterocycles. The van der Waals surface area contributed by atoms with Crippen molar-refractivity contribution in [3.8, 4) is 0 Å². The molecule has 1 heterocycles. The Bertz CT molecular complexity index is 518. The minimum absolute atomic E-state index is 0.0871. The van der Waals surface area contributed by atoms with Crippen LogP contribution in [0.15, 0.2) is 29.3 Å². The molecule has 2 rings (SSSR count). The van der Waals surface area contributed by atoms with E-state index in [0.29, 0.717) is 6.54 Å². The van der Waals surface area contributed by atoms with Gasteiger partial charge in [0.05, 0.1) is 18.2 Å². The molecule has 0 aromatic heterocycles. The Labute approximate surface area is 141 Å². The maximum Gasteiger partial charge on any atom is 0.191 e. The molecule has 1 aliphatic rings. The third-order valence-electron chi connectivity index (χ3n) is 3.66. The maximum atomic E-state index is 10.4. The average Bonchev–Trinajstić information content (AvgIpc) is 2.92. The number of aliphatic hydroxyl groups is 1. The summed E-state index contributed by atoms with van der Waals surface area (Å²) in [6, 6.07) is 7.88. The molecule has 1 aromatic carbocycles. The molecule has 1 fully saturated rings. The number of thioether (sulfide) groups is 1. The van der Waals surface area contributed by atoms with Crippen LogP contribution in [-0.2, 0) is 0 Å². The van der Waals surface area contributed by atoms with Gasteiger partial charge < -0.3 is 15.7 Å². The third kappa shape index (κ3) is 5.07. The average molecular weight is 342 g/mol. The number of benzene rings is 1. The van der Waals surface area contributed by atoms with Crippen molar-refractivity contribution in [2.24, 2.45) is 4.99 Å². The standard InChI is InChI=1S/C16H24ClN3OS/c1-3-18-15(19-10-16(21)7-8-22-11-16)20-12(2)13-5-4-6-14(17)9-13/h4-6,9,12,21H,3,7-8,10-11H2,1-2H3,(H2,18,19,20). The van der Waals surface area contributed by atoms with Crippen molar-refractivity contribution in [1.82, 2.24) is 10.6 Å². The molecule has 3 N–H and O–H groups in total. The Morgan fingerprint density at radius 2 is 2.36 bits per heavy atom. The van der Waals surface area contributed by atoms with Crippen molar-refractivity contribution >= 4 is 29.3 Å². The van der Waals surface area contributed by atoms with Gasteiger partial charge in [-0.1, -0.05) is 23.7 Å². The monoisotopic (exact) mass is 341 g/mol. The van der Waals surface area contributed by atoms with Crippen LogP contribution in [0.3, 0.4) is 0 Å². The number of rotatable bonds is 5. The number of hydrogen-bond donors (Lipinski definition) is 3. The summed E-state index contributed by atoms with van der Waals surface area (Å²) in [5.74, 6) is 2.49. The second-order valence-corrected chi connectivity index (χ2v) is 7.18. The quantitative estimate of drug-likeness (QED) is 0.569. The van der Waals surface area contributed by atoms with Crippen LogP contribution in [0.25, 0.3) is 0 Å². The minimum Gasteiger partial charge on any atom is -0.387 e. The summed E-state index contributed by atoms with van der Waals surface area (Å²) < 4.78 is 0. The zero-order valence-electron chi connectivity index (χ0n) is 13.1. The van der Waals surface area contributed by atoms with Crippen molar-refractivity contribution in [1.29, 1.82) is 0 Å². The molecule has 122 valence electrons. The minimum atomic E-state index is -0.660. The van der Waals surface area contributed by atoms with E-state index in [2.05, 4.69) is 22.5 Å². The second-order valence-electron chi connectivity index (χ2n) is 5.64. The van der Waals surface area contributed by atoms with Gasteiger partial charge >= 0.3 is 0 Å². The van der Waals surface area contributed by atoms with Crippen molar-refractivity contribution in [3.05, 3.63) is 34.9 Å². The smallest absolute Gasteiger partial charge is 0.191 e. The summed E-state index contributed by atoms with van der Waals surface area (Å²) in [5, 5.41) is 17.7. The van der Waals surface area contributed by atoms with Gasteiger partial charge in [0.2, 0.25) is 0 Å². The van der Waals surface area contributed by atoms with Crippen LogP contribution in [0.1, 0.15) is 31.9 Å². The van der Waals surface area contributed by atoms with E-state index < -0.39 is 5.60 Å². The Balaban J connectivity index is 2.01. The third-order valence-corrected chi connectivity index (χ3v) is 5.13. The van der Waals surface area contributed by atoms with Crippen LogP contribution in [0.4, 0.5) is 0 Å². The molecule has 2 atom stereocenters. The van der Waals surface area contributed by atoms with Gasteiger partial charge in [-0.3, -0.25) is 4.99 Å². The second kappa shape index (κ2) is 8.09. The van der Waals surface area contributed by atoms with E-state index in [1.807, 2.05) is 31.2 Å². The lowest BCUT2D eigenvalue weighted by Gasteiger charge is -2.22. The number of nitrogens with zero attached hydrogens (tertiary/aromatic N) is 1. The molecule has 22 heavy (non-hydrogen) atoms. The molecule has 0 bridgehead atoms. The van der Waals surface area contributed by atoms with E-state index >= 15 is 0 Å². The number of aliphatic imine (C=N–C) groups is 1. The Hall–Kier alpha value is -0.910. The van der Waals surface area contributed by atoms with Crippen LogP contribution < -0.4 is 10.6 Å². The molecular formula is C16H24ClN3OS. The highest BCUT2D eigenvalue weighted by atomic mass is 35.5. The Morgan fingerprint density at radius 1 is 1.55 bits per heavy atom. The maximum absolute atomic E-state index is 10.4. The Kier molecular flexibility index (Phi) is 6.41. The van der Waals surface area contributed by atoms with Crippen LogP contribution in [0.5, 0.6) is 0 Å². The fourth-order valence-electron chi connectivity index (χ4n) is 2.33. The first-order valence-electron chi connectivity index (χ1n) is 7.63. The lowest BCUT2D eigenvalue weighted by molar-refractivity contribution is 0.0778. The number of hydrogen-bond acceptors (Lipinski definition) is 3. The largest absolute Gasteiger partial charge is 0.387 e. The topological polar surface area (TPSA) is 56.7 Å². The van der Waals surface area contributed by atoms with Crippen LogP contribution in [0, 0.1) is 0 Å². The van der Waals surface area contributed by atoms with Crippen molar-refractivity contribution < 1.29 is 5.11 Å². The summed E-state index contributed by atoms with van der Waals surface area (Å²) in [6.07, 6.45) is 0.810. The molecule has 0 amide bonds.